The summed E-state index contributed by atoms with van der Waals surface area (Å²) in [7, 11) is 0. The molecule has 4 N–H and O–H groups in total. The van der Waals surface area contributed by atoms with Gasteiger partial charge in [0.1, 0.15) is 17.5 Å². The Morgan fingerprint density at radius 1 is 1.19 bits per heavy atom. The third kappa shape index (κ3) is 3.06. The highest BCUT2D eigenvalue weighted by Gasteiger charge is 2.15. The average Bonchev–Trinajstić information content (AvgIpc) is 2.19. The van der Waals surface area contributed by atoms with Crippen molar-refractivity contribution in [2.75, 3.05) is 10.7 Å². The highest BCUT2D eigenvalue weighted by Crippen LogP contribution is 2.22. The van der Waals surface area contributed by atoms with Gasteiger partial charge < -0.3 is 10.7 Å². The van der Waals surface area contributed by atoms with Gasteiger partial charge in [0.25, 0.3) is 0 Å². The second kappa shape index (κ2) is 4.65. The van der Waals surface area contributed by atoms with Gasteiger partial charge >= 0.3 is 0 Å². The SMILES string of the molecule is CCc1nc(NN)c(C)c(NC(C)(C)C)n1. The standard InChI is InChI=1S/C11H21N5/c1-6-8-13-9(15-11(3,4)5)7(2)10(14-8)16-12/h6,12H2,1-5H3,(H2,13,14,15,16). The minimum Gasteiger partial charge on any atom is -0.365 e. The number of nitrogens with two attached hydrogens (primary N) is 1. The molecule has 0 unspecified atom stereocenters. The first-order valence-corrected chi connectivity index (χ1v) is 5.49. The molecular weight excluding hydrogens is 202 g/mol. The van der Waals surface area contributed by atoms with E-state index in [0.717, 1.165) is 23.6 Å². The molecule has 0 aromatic carbocycles. The maximum Gasteiger partial charge on any atom is 0.148 e. The zero-order valence-electron chi connectivity index (χ0n) is 10.7. The molecule has 0 amide bonds. The summed E-state index contributed by atoms with van der Waals surface area (Å²) in [5, 5.41) is 3.35. The molecule has 16 heavy (non-hydrogen) atoms. The van der Waals surface area contributed by atoms with Crippen molar-refractivity contribution >= 4 is 11.6 Å². The predicted octanol–water partition coefficient (Wildman–Crippen LogP) is 1.84. The lowest BCUT2D eigenvalue weighted by atomic mass is 10.1. The smallest absolute Gasteiger partial charge is 0.148 e. The number of hydrogen-bond donors (Lipinski definition) is 3. The van der Waals surface area contributed by atoms with Crippen LogP contribution in [0.2, 0.25) is 0 Å². The van der Waals surface area contributed by atoms with Gasteiger partial charge in [-0.1, -0.05) is 6.92 Å². The van der Waals surface area contributed by atoms with E-state index in [0.29, 0.717) is 5.82 Å². The van der Waals surface area contributed by atoms with Gasteiger partial charge in [0, 0.05) is 17.5 Å². The second-order valence-corrected chi connectivity index (χ2v) is 4.83. The molecule has 0 spiro atoms. The summed E-state index contributed by atoms with van der Waals surface area (Å²) >= 11 is 0. The molecule has 1 rings (SSSR count). The molecule has 5 nitrogen and oxygen atoms in total. The summed E-state index contributed by atoms with van der Waals surface area (Å²) in [5.74, 6) is 7.74. The Labute approximate surface area is 96.8 Å². The second-order valence-electron chi connectivity index (χ2n) is 4.83. The summed E-state index contributed by atoms with van der Waals surface area (Å²) in [6.45, 7) is 10.2. The van der Waals surface area contributed by atoms with Gasteiger partial charge in [0.15, 0.2) is 0 Å². The van der Waals surface area contributed by atoms with Crippen molar-refractivity contribution < 1.29 is 0 Å². The van der Waals surface area contributed by atoms with Crippen molar-refractivity contribution in [3.05, 3.63) is 11.4 Å². The van der Waals surface area contributed by atoms with Crippen molar-refractivity contribution in [1.29, 1.82) is 0 Å². The van der Waals surface area contributed by atoms with Crippen LogP contribution in [-0.4, -0.2) is 15.5 Å². The van der Waals surface area contributed by atoms with Gasteiger partial charge in [-0.3, -0.25) is 0 Å². The third-order valence-corrected chi connectivity index (χ3v) is 2.14. The molecule has 1 heterocycles. The maximum absolute atomic E-state index is 5.44. The molecule has 0 atom stereocenters. The molecule has 0 fully saturated rings. The number of rotatable bonds is 3. The Morgan fingerprint density at radius 3 is 2.19 bits per heavy atom. The Morgan fingerprint density at radius 2 is 1.75 bits per heavy atom. The van der Waals surface area contributed by atoms with Crippen LogP contribution in [-0.2, 0) is 6.42 Å². The van der Waals surface area contributed by atoms with Crippen LogP contribution in [0, 0.1) is 6.92 Å². The highest BCUT2D eigenvalue weighted by molar-refractivity contribution is 5.57. The molecule has 0 bridgehead atoms. The fourth-order valence-electron chi connectivity index (χ4n) is 1.34. The summed E-state index contributed by atoms with van der Waals surface area (Å²) < 4.78 is 0. The first-order valence-electron chi connectivity index (χ1n) is 5.49. The first kappa shape index (κ1) is 12.7. The van der Waals surface area contributed by atoms with Gasteiger partial charge in [-0.05, 0) is 27.7 Å². The molecule has 1 aromatic heterocycles. The Balaban J connectivity index is 3.16. The molecule has 0 aliphatic rings. The lowest BCUT2D eigenvalue weighted by molar-refractivity contribution is 0.628. The van der Waals surface area contributed by atoms with Crippen molar-refractivity contribution in [3.8, 4) is 0 Å². The van der Waals surface area contributed by atoms with Crippen molar-refractivity contribution in [3.63, 3.8) is 0 Å². The topological polar surface area (TPSA) is 75.9 Å². The van der Waals surface area contributed by atoms with Gasteiger partial charge in [-0.15, -0.1) is 0 Å². The lowest BCUT2D eigenvalue weighted by Crippen LogP contribution is -2.28. The fourth-order valence-corrected chi connectivity index (χ4v) is 1.34. The van der Waals surface area contributed by atoms with E-state index in [1.54, 1.807) is 0 Å². The van der Waals surface area contributed by atoms with Crippen molar-refractivity contribution in [1.82, 2.24) is 9.97 Å². The highest BCUT2D eigenvalue weighted by atomic mass is 15.3. The van der Waals surface area contributed by atoms with Crippen molar-refractivity contribution in [2.45, 2.75) is 46.6 Å². The van der Waals surface area contributed by atoms with E-state index in [9.17, 15) is 0 Å². The van der Waals surface area contributed by atoms with E-state index in [4.69, 9.17) is 5.84 Å². The lowest BCUT2D eigenvalue weighted by Gasteiger charge is -2.23. The number of hydrogen-bond acceptors (Lipinski definition) is 5. The normalized spacial score (nSPS) is 11.4. The van der Waals surface area contributed by atoms with Crippen LogP contribution < -0.4 is 16.6 Å². The van der Waals surface area contributed by atoms with Gasteiger partial charge in [0.05, 0.1) is 0 Å². The summed E-state index contributed by atoms with van der Waals surface area (Å²) in [4.78, 5) is 8.78. The molecule has 5 heteroatoms. The number of nitrogen functional groups attached to an aromatic ring is 1. The molecule has 0 aliphatic carbocycles. The van der Waals surface area contributed by atoms with Crippen LogP contribution in [0.3, 0.4) is 0 Å². The quantitative estimate of drug-likeness (QED) is 0.538. The van der Waals surface area contributed by atoms with Gasteiger partial charge in [0.2, 0.25) is 0 Å². The van der Waals surface area contributed by atoms with E-state index in [1.165, 1.54) is 0 Å². The van der Waals surface area contributed by atoms with Crippen LogP contribution in [0.1, 0.15) is 39.1 Å². The minimum atomic E-state index is -0.0318. The number of hydrazine groups is 1. The number of aromatic nitrogens is 2. The summed E-state index contributed by atoms with van der Waals surface area (Å²) in [6.07, 6.45) is 0.785. The average molecular weight is 223 g/mol. The molecule has 0 saturated heterocycles. The molecular formula is C11H21N5. The minimum absolute atomic E-state index is 0.0318. The predicted molar refractivity (Wildman–Crippen MR) is 67.3 cm³/mol. The summed E-state index contributed by atoms with van der Waals surface area (Å²) in [5.41, 5.74) is 3.51. The zero-order chi connectivity index (χ0) is 12.3. The number of aryl methyl sites for hydroxylation is 1. The first-order chi connectivity index (χ1) is 7.37. The number of anilines is 2. The molecule has 90 valence electrons. The van der Waals surface area contributed by atoms with Crippen LogP contribution in [0.4, 0.5) is 11.6 Å². The molecule has 0 aliphatic heterocycles. The van der Waals surface area contributed by atoms with Crippen LogP contribution in [0.15, 0.2) is 0 Å². The monoisotopic (exact) mass is 223 g/mol. The Bertz CT molecular complexity index is 367. The van der Waals surface area contributed by atoms with Crippen LogP contribution >= 0.6 is 0 Å². The largest absolute Gasteiger partial charge is 0.365 e. The van der Waals surface area contributed by atoms with Crippen LogP contribution in [0.25, 0.3) is 0 Å². The van der Waals surface area contributed by atoms with Gasteiger partial charge in [-0.2, -0.15) is 0 Å². The Kier molecular flexibility index (Phi) is 3.70. The van der Waals surface area contributed by atoms with E-state index in [-0.39, 0.29) is 5.54 Å². The number of nitrogens with zero attached hydrogens (tertiary/aromatic N) is 2. The van der Waals surface area contributed by atoms with Gasteiger partial charge in [-0.25, -0.2) is 15.8 Å². The molecule has 0 saturated carbocycles. The van der Waals surface area contributed by atoms with E-state index >= 15 is 0 Å². The zero-order valence-corrected chi connectivity index (χ0v) is 10.7. The van der Waals surface area contributed by atoms with Crippen LogP contribution in [0.5, 0.6) is 0 Å². The molecule has 1 aromatic rings. The number of nitrogens with one attached hydrogen (secondary N) is 2. The van der Waals surface area contributed by atoms with E-state index in [2.05, 4.69) is 41.5 Å². The summed E-state index contributed by atoms with van der Waals surface area (Å²) in [6, 6.07) is 0. The molecule has 0 radical (unpaired) electrons. The third-order valence-electron chi connectivity index (χ3n) is 2.14. The fraction of sp³-hybridized carbons (Fsp3) is 0.636. The van der Waals surface area contributed by atoms with E-state index in [1.807, 2.05) is 13.8 Å². The maximum atomic E-state index is 5.44. The van der Waals surface area contributed by atoms with Crippen molar-refractivity contribution in [2.24, 2.45) is 5.84 Å². The van der Waals surface area contributed by atoms with E-state index < -0.39 is 0 Å². The Hall–Kier alpha value is -1.36.